The smallest absolute Gasteiger partial charge is 0.266 e. The predicted molar refractivity (Wildman–Crippen MR) is 99.5 cm³/mol. The van der Waals surface area contributed by atoms with Crippen LogP contribution in [0.25, 0.3) is 0 Å². The predicted octanol–water partition coefficient (Wildman–Crippen LogP) is 2.94. The summed E-state index contributed by atoms with van der Waals surface area (Å²) in [5.41, 5.74) is 0.464. The molecule has 0 aliphatic carbocycles. The standard InChI is InChI=1S/C17H18Cl2N4O2/c1-22-16(24)7-6-15(21-22)23-8-2-3-11(10-23)17(25)20-12-4-5-13(18)14(19)9-12/h4-7,9,11H,2-3,8,10H2,1H3,(H,20,25)/t11-/m0/s1. The summed E-state index contributed by atoms with van der Waals surface area (Å²) in [5, 5.41) is 8.00. The number of anilines is 2. The minimum absolute atomic E-state index is 0.0621. The second kappa shape index (κ2) is 7.45. The molecule has 0 radical (unpaired) electrons. The molecule has 1 fully saturated rings. The van der Waals surface area contributed by atoms with Gasteiger partial charge in [0, 0.05) is 31.9 Å². The van der Waals surface area contributed by atoms with Crippen LogP contribution in [0.4, 0.5) is 11.5 Å². The number of benzene rings is 1. The van der Waals surface area contributed by atoms with Crippen LogP contribution in [0.1, 0.15) is 12.8 Å². The molecule has 2 heterocycles. The third-order valence-electron chi connectivity index (χ3n) is 4.25. The van der Waals surface area contributed by atoms with Gasteiger partial charge in [-0.1, -0.05) is 23.2 Å². The zero-order valence-corrected chi connectivity index (χ0v) is 15.2. The Kier molecular flexibility index (Phi) is 5.30. The lowest BCUT2D eigenvalue weighted by Crippen LogP contribution is -2.41. The van der Waals surface area contributed by atoms with E-state index in [1.807, 2.05) is 4.90 Å². The summed E-state index contributed by atoms with van der Waals surface area (Å²) in [6, 6.07) is 8.20. The minimum atomic E-state index is -0.165. The fraction of sp³-hybridized carbons (Fsp3) is 0.353. The topological polar surface area (TPSA) is 67.2 Å². The molecule has 1 amide bonds. The zero-order valence-electron chi connectivity index (χ0n) is 13.7. The summed E-state index contributed by atoms with van der Waals surface area (Å²) in [4.78, 5) is 26.1. The summed E-state index contributed by atoms with van der Waals surface area (Å²) in [7, 11) is 1.62. The molecule has 132 valence electrons. The molecule has 1 atom stereocenters. The monoisotopic (exact) mass is 380 g/mol. The highest BCUT2D eigenvalue weighted by atomic mass is 35.5. The van der Waals surface area contributed by atoms with E-state index in [1.165, 1.54) is 10.7 Å². The fourth-order valence-electron chi connectivity index (χ4n) is 2.88. The van der Waals surface area contributed by atoms with E-state index in [2.05, 4.69) is 10.4 Å². The summed E-state index contributed by atoms with van der Waals surface area (Å²) in [6.07, 6.45) is 1.68. The number of nitrogens with one attached hydrogen (secondary N) is 1. The molecule has 3 rings (SSSR count). The molecule has 0 bridgehead atoms. The second-order valence-electron chi connectivity index (χ2n) is 6.06. The molecule has 1 N–H and O–H groups in total. The molecule has 2 aromatic rings. The van der Waals surface area contributed by atoms with E-state index in [-0.39, 0.29) is 17.4 Å². The van der Waals surface area contributed by atoms with Crippen LogP contribution in [0.5, 0.6) is 0 Å². The van der Waals surface area contributed by atoms with Gasteiger partial charge in [0.05, 0.1) is 16.0 Å². The average molecular weight is 381 g/mol. The van der Waals surface area contributed by atoms with Gasteiger partial charge in [-0.2, -0.15) is 5.10 Å². The molecule has 8 heteroatoms. The number of amides is 1. The van der Waals surface area contributed by atoms with E-state index < -0.39 is 0 Å². The molecule has 1 aliphatic heterocycles. The van der Waals surface area contributed by atoms with Gasteiger partial charge in [0.15, 0.2) is 0 Å². The summed E-state index contributed by atoms with van der Waals surface area (Å²) >= 11 is 11.9. The lowest BCUT2D eigenvalue weighted by Gasteiger charge is -2.32. The lowest BCUT2D eigenvalue weighted by molar-refractivity contribution is -0.120. The lowest BCUT2D eigenvalue weighted by atomic mass is 9.97. The van der Waals surface area contributed by atoms with Gasteiger partial charge in [0.1, 0.15) is 5.82 Å². The van der Waals surface area contributed by atoms with E-state index in [1.54, 1.807) is 31.3 Å². The molecule has 6 nitrogen and oxygen atoms in total. The maximum absolute atomic E-state index is 12.6. The average Bonchev–Trinajstić information content (AvgIpc) is 2.60. The van der Waals surface area contributed by atoms with Gasteiger partial charge >= 0.3 is 0 Å². The maximum Gasteiger partial charge on any atom is 0.266 e. The Morgan fingerprint density at radius 3 is 2.76 bits per heavy atom. The molecule has 1 aromatic heterocycles. The van der Waals surface area contributed by atoms with Gasteiger partial charge < -0.3 is 10.2 Å². The third kappa shape index (κ3) is 4.14. The first-order valence-corrected chi connectivity index (χ1v) is 8.75. The molecule has 0 saturated carbocycles. The number of carbonyl (C=O) groups excluding carboxylic acids is 1. The highest BCUT2D eigenvalue weighted by molar-refractivity contribution is 6.42. The number of nitrogens with zero attached hydrogens (tertiary/aromatic N) is 3. The van der Waals surface area contributed by atoms with Crippen molar-refractivity contribution in [2.24, 2.45) is 13.0 Å². The quantitative estimate of drug-likeness (QED) is 0.888. The summed E-state index contributed by atoms with van der Waals surface area (Å²) < 4.78 is 1.30. The fourth-order valence-corrected chi connectivity index (χ4v) is 3.17. The normalized spacial score (nSPS) is 17.4. The van der Waals surface area contributed by atoms with Gasteiger partial charge in [-0.15, -0.1) is 0 Å². The van der Waals surface area contributed by atoms with Crippen LogP contribution in [0, 0.1) is 5.92 Å². The Morgan fingerprint density at radius 2 is 2.04 bits per heavy atom. The van der Waals surface area contributed by atoms with Crippen molar-refractivity contribution in [3.63, 3.8) is 0 Å². The van der Waals surface area contributed by atoms with Crippen molar-refractivity contribution in [1.29, 1.82) is 0 Å². The molecule has 25 heavy (non-hydrogen) atoms. The van der Waals surface area contributed by atoms with Crippen molar-refractivity contribution >= 4 is 40.6 Å². The molecule has 1 aromatic carbocycles. The molecule has 1 aliphatic rings. The van der Waals surface area contributed by atoms with Crippen molar-refractivity contribution < 1.29 is 4.79 Å². The van der Waals surface area contributed by atoms with Gasteiger partial charge in [-0.3, -0.25) is 9.59 Å². The highest BCUT2D eigenvalue weighted by Crippen LogP contribution is 2.26. The molecule has 1 saturated heterocycles. The van der Waals surface area contributed by atoms with Crippen molar-refractivity contribution in [2.75, 3.05) is 23.3 Å². The van der Waals surface area contributed by atoms with Gasteiger partial charge in [-0.05, 0) is 37.1 Å². The van der Waals surface area contributed by atoms with Crippen LogP contribution < -0.4 is 15.8 Å². The number of piperidine rings is 1. The third-order valence-corrected chi connectivity index (χ3v) is 4.99. The Bertz CT molecular complexity index is 853. The van der Waals surface area contributed by atoms with Gasteiger partial charge in [-0.25, -0.2) is 4.68 Å². The molecule has 0 spiro atoms. The Labute approximate surface area is 155 Å². The number of halogens is 2. The van der Waals surface area contributed by atoms with E-state index in [0.717, 1.165) is 19.4 Å². The first-order chi connectivity index (χ1) is 11.9. The van der Waals surface area contributed by atoms with Gasteiger partial charge in [0.25, 0.3) is 5.56 Å². The van der Waals surface area contributed by atoms with E-state index in [0.29, 0.717) is 28.1 Å². The van der Waals surface area contributed by atoms with Crippen LogP contribution in [0.3, 0.4) is 0 Å². The zero-order chi connectivity index (χ0) is 18.0. The first-order valence-electron chi connectivity index (χ1n) is 7.99. The highest BCUT2D eigenvalue weighted by Gasteiger charge is 2.27. The van der Waals surface area contributed by atoms with Gasteiger partial charge in [0.2, 0.25) is 5.91 Å². The molecular weight excluding hydrogens is 363 g/mol. The minimum Gasteiger partial charge on any atom is -0.354 e. The van der Waals surface area contributed by atoms with E-state index in [4.69, 9.17) is 23.2 Å². The van der Waals surface area contributed by atoms with Crippen LogP contribution in [-0.2, 0) is 11.8 Å². The number of hydrogen-bond acceptors (Lipinski definition) is 4. The Balaban J connectivity index is 1.69. The van der Waals surface area contributed by atoms with E-state index in [9.17, 15) is 9.59 Å². The Morgan fingerprint density at radius 1 is 1.24 bits per heavy atom. The SMILES string of the molecule is Cn1nc(N2CCC[C@H](C(=O)Nc3ccc(Cl)c(Cl)c3)C2)ccc1=O. The van der Waals surface area contributed by atoms with Crippen LogP contribution in [0.15, 0.2) is 35.1 Å². The van der Waals surface area contributed by atoms with Crippen molar-refractivity contribution in [2.45, 2.75) is 12.8 Å². The number of aryl methyl sites for hydroxylation is 1. The van der Waals surface area contributed by atoms with E-state index >= 15 is 0 Å². The summed E-state index contributed by atoms with van der Waals surface area (Å²) in [6.45, 7) is 1.36. The summed E-state index contributed by atoms with van der Waals surface area (Å²) in [5.74, 6) is 0.476. The number of carbonyl (C=O) groups is 1. The number of hydrogen-bond donors (Lipinski definition) is 1. The van der Waals surface area contributed by atoms with Crippen molar-refractivity contribution in [1.82, 2.24) is 9.78 Å². The van der Waals surface area contributed by atoms with Crippen LogP contribution in [0.2, 0.25) is 10.0 Å². The van der Waals surface area contributed by atoms with Crippen molar-refractivity contribution in [3.05, 3.63) is 50.7 Å². The van der Waals surface area contributed by atoms with Crippen LogP contribution >= 0.6 is 23.2 Å². The van der Waals surface area contributed by atoms with Crippen molar-refractivity contribution in [3.8, 4) is 0 Å². The first kappa shape index (κ1) is 17.8. The molecular formula is C17H18Cl2N4O2. The maximum atomic E-state index is 12.6. The Hall–Kier alpha value is -2.05. The molecule has 0 unspecified atom stereocenters. The largest absolute Gasteiger partial charge is 0.354 e. The van der Waals surface area contributed by atoms with Crippen LogP contribution in [-0.4, -0.2) is 28.8 Å². The second-order valence-corrected chi connectivity index (χ2v) is 6.87. The number of rotatable bonds is 3. The number of aromatic nitrogens is 2.